The van der Waals surface area contributed by atoms with Crippen LogP contribution in [0, 0.1) is 0 Å². The van der Waals surface area contributed by atoms with Crippen LogP contribution in [0.25, 0.3) is 0 Å². The molecule has 0 aromatic heterocycles. The quantitative estimate of drug-likeness (QED) is 0.243. The fourth-order valence-corrected chi connectivity index (χ4v) is 3.92. The number of hydrogen-bond donors (Lipinski definition) is 1. The van der Waals surface area contributed by atoms with Crippen LogP contribution in [0.2, 0.25) is 0 Å². The van der Waals surface area contributed by atoms with Gasteiger partial charge < -0.3 is 0 Å². The van der Waals surface area contributed by atoms with Gasteiger partial charge in [0, 0.05) is 6.92 Å². The topological polar surface area (TPSA) is 16.8 Å². The van der Waals surface area contributed by atoms with E-state index in [1.165, 1.54) is 133 Å². The van der Waals surface area contributed by atoms with E-state index in [0.717, 1.165) is 0 Å². The Morgan fingerprint density at radius 3 is 1.35 bits per heavy atom. The highest BCUT2D eigenvalue weighted by atomic mass is 15.2. The van der Waals surface area contributed by atoms with E-state index in [0.29, 0.717) is 0 Å². The smallest absolute Gasteiger partial charge is 0.202 e. The highest BCUT2D eigenvalue weighted by Gasteiger charge is 2.12. The molecule has 1 aliphatic heterocycles. The third-order valence-corrected chi connectivity index (χ3v) is 5.81. The zero-order valence-electron chi connectivity index (χ0n) is 18.0. The summed E-state index contributed by atoms with van der Waals surface area (Å²) in [4.78, 5) is 5.77. The summed E-state index contributed by atoms with van der Waals surface area (Å²) in [6.07, 6.45) is 30.2. The zero-order chi connectivity index (χ0) is 18.7. The van der Waals surface area contributed by atoms with Crippen LogP contribution in [0.5, 0.6) is 0 Å². The minimum absolute atomic E-state index is 1.23. The van der Waals surface area contributed by atoms with Gasteiger partial charge in [-0.05, 0) is 12.8 Å². The average molecular weight is 364 g/mol. The first-order chi connectivity index (χ1) is 12.8. The molecule has 152 valence electrons. The van der Waals surface area contributed by atoms with Crippen LogP contribution < -0.4 is 4.90 Å². The molecule has 0 saturated heterocycles. The van der Waals surface area contributed by atoms with Crippen LogP contribution >= 0.6 is 0 Å². The summed E-state index contributed by atoms with van der Waals surface area (Å²) in [5.74, 6) is 1.23. The maximum atomic E-state index is 4.31. The highest BCUT2D eigenvalue weighted by molar-refractivity contribution is 5.72. The predicted octanol–water partition coefficient (Wildman–Crippen LogP) is 6.82. The highest BCUT2D eigenvalue weighted by Crippen LogP contribution is 2.14. The number of rotatable bonds is 19. The van der Waals surface area contributed by atoms with Crippen molar-refractivity contribution in [3.05, 3.63) is 12.4 Å². The minimum Gasteiger partial charge on any atom is -0.263 e. The molecule has 1 unspecified atom stereocenters. The van der Waals surface area contributed by atoms with Crippen molar-refractivity contribution in [1.82, 2.24) is 0 Å². The van der Waals surface area contributed by atoms with Gasteiger partial charge in [-0.25, -0.2) is 4.99 Å². The third kappa shape index (κ3) is 13.6. The lowest BCUT2D eigenvalue weighted by Gasteiger charge is -2.09. The summed E-state index contributed by atoms with van der Waals surface area (Å²) >= 11 is 0. The van der Waals surface area contributed by atoms with E-state index in [1.54, 1.807) is 0 Å². The molecule has 0 fully saturated rings. The molecular formula is C24H47N2+. The number of nitrogens with one attached hydrogen (secondary N) is 1. The molecule has 0 aromatic carbocycles. The molecule has 0 aromatic rings. The maximum absolute atomic E-state index is 4.31. The van der Waals surface area contributed by atoms with E-state index in [4.69, 9.17) is 0 Å². The van der Waals surface area contributed by atoms with E-state index >= 15 is 0 Å². The lowest BCUT2D eigenvalue weighted by molar-refractivity contribution is -0.745. The standard InChI is InChI=1S/C24H46N2/c1-3-4-5-6-7-8-9-10-11-12-13-14-15-16-17-18-19-20-22-26-23-21-25-24(26)2/h21,23H,3-20,22H2,1-2H3/p+1. The van der Waals surface area contributed by atoms with Gasteiger partial charge in [0.15, 0.2) is 0 Å². The molecular weight excluding hydrogens is 316 g/mol. The molecule has 1 atom stereocenters. The molecule has 0 aliphatic carbocycles. The van der Waals surface area contributed by atoms with Crippen molar-refractivity contribution >= 4 is 5.84 Å². The second-order valence-corrected chi connectivity index (χ2v) is 8.32. The van der Waals surface area contributed by atoms with E-state index in [1.807, 2.05) is 6.20 Å². The van der Waals surface area contributed by atoms with Gasteiger partial charge >= 0.3 is 0 Å². The Kier molecular flexibility index (Phi) is 16.0. The molecule has 1 N–H and O–H groups in total. The molecule has 0 saturated carbocycles. The lowest BCUT2D eigenvalue weighted by Crippen LogP contribution is -3.08. The number of amidine groups is 1. The number of hydrogen-bond acceptors (Lipinski definition) is 1. The molecule has 1 aliphatic rings. The monoisotopic (exact) mass is 363 g/mol. The van der Waals surface area contributed by atoms with Crippen molar-refractivity contribution in [2.45, 2.75) is 129 Å². The van der Waals surface area contributed by atoms with Gasteiger partial charge in [0.2, 0.25) is 5.84 Å². The summed E-state index contributed by atoms with van der Waals surface area (Å²) in [5, 5.41) is 0. The lowest BCUT2D eigenvalue weighted by atomic mass is 10.0. The van der Waals surface area contributed by atoms with E-state index in [-0.39, 0.29) is 0 Å². The molecule has 0 spiro atoms. The van der Waals surface area contributed by atoms with Crippen molar-refractivity contribution in [1.29, 1.82) is 0 Å². The van der Waals surface area contributed by atoms with Gasteiger partial charge in [-0.15, -0.1) is 0 Å². The van der Waals surface area contributed by atoms with Gasteiger partial charge in [0.1, 0.15) is 6.20 Å². The Labute approximate surface area is 164 Å². The van der Waals surface area contributed by atoms with Crippen LogP contribution in [0.1, 0.15) is 129 Å². The van der Waals surface area contributed by atoms with Gasteiger partial charge in [-0.1, -0.05) is 110 Å². The summed E-state index contributed by atoms with van der Waals surface area (Å²) in [6, 6.07) is 0. The fraction of sp³-hybridized carbons (Fsp3) is 0.875. The summed E-state index contributed by atoms with van der Waals surface area (Å²) in [7, 11) is 0. The third-order valence-electron chi connectivity index (χ3n) is 5.81. The molecule has 1 heterocycles. The average Bonchev–Trinajstić information content (AvgIpc) is 3.05. The Balaban J connectivity index is 1.67. The second kappa shape index (κ2) is 17.8. The number of unbranched alkanes of at least 4 members (excludes halogenated alkanes) is 17. The molecule has 0 radical (unpaired) electrons. The molecule has 1 rings (SSSR count). The van der Waals surface area contributed by atoms with E-state index in [9.17, 15) is 0 Å². The largest absolute Gasteiger partial charge is 0.263 e. The Bertz CT molecular complexity index is 359. The minimum atomic E-state index is 1.23. The second-order valence-electron chi connectivity index (χ2n) is 8.32. The SMILES string of the molecule is CCCCCCCCCCCCCCCCCCCC[NH+]1C=CN=C1C. The van der Waals surface area contributed by atoms with Crippen LogP contribution in [-0.2, 0) is 0 Å². The van der Waals surface area contributed by atoms with Crippen LogP contribution in [0.15, 0.2) is 17.4 Å². The van der Waals surface area contributed by atoms with Crippen molar-refractivity contribution in [3.8, 4) is 0 Å². The van der Waals surface area contributed by atoms with Gasteiger partial charge in [0.25, 0.3) is 0 Å². The molecule has 26 heavy (non-hydrogen) atoms. The summed E-state index contributed by atoms with van der Waals surface area (Å²) in [6.45, 7) is 5.65. The molecule has 2 heteroatoms. The first kappa shape index (κ1) is 23.4. The molecule has 2 nitrogen and oxygen atoms in total. The van der Waals surface area contributed by atoms with Crippen molar-refractivity contribution in [2.24, 2.45) is 4.99 Å². The van der Waals surface area contributed by atoms with Crippen molar-refractivity contribution in [3.63, 3.8) is 0 Å². The van der Waals surface area contributed by atoms with Crippen LogP contribution in [-0.4, -0.2) is 12.4 Å². The normalized spacial score (nSPS) is 16.4. The predicted molar refractivity (Wildman–Crippen MR) is 117 cm³/mol. The number of aliphatic imine (C=N–C) groups is 1. The van der Waals surface area contributed by atoms with Crippen molar-refractivity contribution in [2.75, 3.05) is 6.54 Å². The Hall–Kier alpha value is -0.630. The summed E-state index contributed by atoms with van der Waals surface area (Å²) in [5.41, 5.74) is 0. The van der Waals surface area contributed by atoms with Crippen LogP contribution in [0.4, 0.5) is 0 Å². The molecule has 0 amide bonds. The fourth-order valence-electron chi connectivity index (χ4n) is 3.92. The van der Waals surface area contributed by atoms with Gasteiger partial charge in [-0.2, -0.15) is 0 Å². The van der Waals surface area contributed by atoms with E-state index in [2.05, 4.69) is 25.0 Å². The van der Waals surface area contributed by atoms with Gasteiger partial charge in [0.05, 0.1) is 12.7 Å². The first-order valence-electron chi connectivity index (χ1n) is 11.9. The Morgan fingerprint density at radius 1 is 0.615 bits per heavy atom. The van der Waals surface area contributed by atoms with Crippen LogP contribution in [0.3, 0.4) is 0 Å². The van der Waals surface area contributed by atoms with E-state index < -0.39 is 0 Å². The number of quaternary nitrogens is 1. The summed E-state index contributed by atoms with van der Waals surface area (Å²) < 4.78 is 0. The maximum Gasteiger partial charge on any atom is 0.202 e. The first-order valence-corrected chi connectivity index (χ1v) is 11.9. The zero-order valence-corrected chi connectivity index (χ0v) is 18.0. The number of nitrogens with zero attached hydrogens (tertiary/aromatic N) is 1. The Morgan fingerprint density at radius 2 is 1.00 bits per heavy atom. The molecule has 0 bridgehead atoms. The van der Waals surface area contributed by atoms with Gasteiger partial charge in [-0.3, -0.25) is 4.90 Å². The van der Waals surface area contributed by atoms with Crippen molar-refractivity contribution < 1.29 is 4.90 Å².